The van der Waals surface area contributed by atoms with Gasteiger partial charge in [-0.2, -0.15) is 0 Å². The molecule has 1 N–H and O–H groups in total. The monoisotopic (exact) mass is 290 g/mol. The minimum absolute atomic E-state index is 0.106. The minimum atomic E-state index is -1.03. The molecular weight excluding hydrogens is 268 g/mol. The maximum absolute atomic E-state index is 13.0. The smallest absolute Gasteiger partial charge is 0.253 e. The van der Waals surface area contributed by atoms with Crippen molar-refractivity contribution in [3.05, 3.63) is 35.9 Å². The number of benzene rings is 1. The van der Waals surface area contributed by atoms with Gasteiger partial charge in [-0.15, -0.1) is 0 Å². The van der Waals surface area contributed by atoms with Crippen LogP contribution in [0, 0.1) is 0 Å². The number of nitrogens with zero attached hydrogens (tertiary/aromatic N) is 1. The van der Waals surface area contributed by atoms with E-state index < -0.39 is 11.6 Å². The summed E-state index contributed by atoms with van der Waals surface area (Å²) >= 11 is 0. The fourth-order valence-electron chi connectivity index (χ4n) is 2.84. The van der Waals surface area contributed by atoms with Gasteiger partial charge in [0.05, 0.1) is 12.6 Å². The third-order valence-electron chi connectivity index (χ3n) is 4.07. The topological polar surface area (TPSA) is 58.6 Å². The fraction of sp³-hybridized carbons (Fsp3) is 0.500. The van der Waals surface area contributed by atoms with Crippen molar-refractivity contribution in [2.45, 2.75) is 38.4 Å². The van der Waals surface area contributed by atoms with Crippen LogP contribution in [0.5, 0.6) is 0 Å². The summed E-state index contributed by atoms with van der Waals surface area (Å²) in [5, 5.41) is 2.86. The lowest BCUT2D eigenvalue weighted by Crippen LogP contribution is -2.68. The van der Waals surface area contributed by atoms with Gasteiger partial charge in [0.1, 0.15) is 11.6 Å². The van der Waals surface area contributed by atoms with Crippen LogP contribution in [-0.4, -0.2) is 42.5 Å². The molecule has 3 atom stereocenters. The normalized spacial score (nSPS) is 27.4. The van der Waals surface area contributed by atoms with Crippen LogP contribution < -0.4 is 5.32 Å². The third-order valence-corrected chi connectivity index (χ3v) is 4.07. The Morgan fingerprint density at radius 1 is 1.33 bits per heavy atom. The van der Waals surface area contributed by atoms with Crippen molar-refractivity contribution in [3.8, 4) is 0 Å². The molecule has 0 aliphatic carbocycles. The molecule has 21 heavy (non-hydrogen) atoms. The predicted octanol–water partition coefficient (Wildman–Crippen LogP) is 1.28. The summed E-state index contributed by atoms with van der Waals surface area (Å²) in [5.74, 6) is -0.255. The Balaban J connectivity index is 2.41. The first-order valence-electron chi connectivity index (χ1n) is 7.11. The molecule has 5 heteroatoms. The van der Waals surface area contributed by atoms with Gasteiger partial charge in [-0.1, -0.05) is 30.3 Å². The number of hydrogen-bond acceptors (Lipinski definition) is 3. The van der Waals surface area contributed by atoms with Crippen LogP contribution in [0.1, 0.15) is 26.3 Å². The zero-order valence-corrected chi connectivity index (χ0v) is 12.9. The molecule has 2 amide bonds. The van der Waals surface area contributed by atoms with Gasteiger partial charge >= 0.3 is 0 Å². The van der Waals surface area contributed by atoms with Crippen molar-refractivity contribution >= 4 is 11.8 Å². The lowest BCUT2D eigenvalue weighted by atomic mass is 9.86. The van der Waals surface area contributed by atoms with E-state index in [-0.39, 0.29) is 17.9 Å². The SMILES string of the molecule is COCC(C)N1C(=O)C(C)(c2ccccc2)NC(=O)C1C. The number of hydrogen-bond donors (Lipinski definition) is 1. The van der Waals surface area contributed by atoms with Gasteiger partial charge < -0.3 is 15.0 Å². The van der Waals surface area contributed by atoms with E-state index in [2.05, 4.69) is 5.32 Å². The van der Waals surface area contributed by atoms with Crippen LogP contribution in [0.4, 0.5) is 0 Å². The average Bonchev–Trinajstić information content (AvgIpc) is 2.47. The maximum Gasteiger partial charge on any atom is 0.253 e. The molecule has 114 valence electrons. The highest BCUT2D eigenvalue weighted by Gasteiger charge is 2.48. The zero-order valence-electron chi connectivity index (χ0n) is 12.9. The number of methoxy groups -OCH3 is 1. The summed E-state index contributed by atoms with van der Waals surface area (Å²) in [4.78, 5) is 26.9. The average molecular weight is 290 g/mol. The van der Waals surface area contributed by atoms with Crippen LogP contribution in [0.25, 0.3) is 0 Å². The van der Waals surface area contributed by atoms with Gasteiger partial charge in [0.15, 0.2) is 0 Å². The molecule has 1 heterocycles. The summed E-state index contributed by atoms with van der Waals surface area (Å²) in [7, 11) is 1.59. The molecule has 1 saturated heterocycles. The Morgan fingerprint density at radius 2 is 1.95 bits per heavy atom. The van der Waals surface area contributed by atoms with E-state index in [1.807, 2.05) is 37.3 Å². The highest BCUT2D eigenvalue weighted by Crippen LogP contribution is 2.29. The second-order valence-corrected chi connectivity index (χ2v) is 5.67. The number of carbonyl (C=O) groups is 2. The summed E-state index contributed by atoms with van der Waals surface area (Å²) < 4.78 is 5.14. The first-order chi connectivity index (χ1) is 9.91. The van der Waals surface area contributed by atoms with E-state index in [9.17, 15) is 9.59 Å². The van der Waals surface area contributed by atoms with Crippen molar-refractivity contribution in [1.82, 2.24) is 10.2 Å². The number of amides is 2. The van der Waals surface area contributed by atoms with Crippen LogP contribution in [0.2, 0.25) is 0 Å². The highest BCUT2D eigenvalue weighted by molar-refractivity contribution is 6.00. The van der Waals surface area contributed by atoms with E-state index in [0.29, 0.717) is 6.61 Å². The number of ether oxygens (including phenoxy) is 1. The van der Waals surface area contributed by atoms with E-state index in [1.54, 1.807) is 25.9 Å². The molecule has 0 aromatic heterocycles. The molecule has 1 aromatic carbocycles. The van der Waals surface area contributed by atoms with Crippen LogP contribution in [0.15, 0.2) is 30.3 Å². The number of nitrogens with one attached hydrogen (secondary N) is 1. The van der Waals surface area contributed by atoms with Crippen LogP contribution >= 0.6 is 0 Å². The molecule has 1 aliphatic rings. The highest BCUT2D eigenvalue weighted by atomic mass is 16.5. The Bertz CT molecular complexity index is 532. The Kier molecular flexibility index (Phi) is 4.32. The second-order valence-electron chi connectivity index (χ2n) is 5.67. The summed E-state index contributed by atoms with van der Waals surface area (Å²) in [6, 6.07) is 8.66. The largest absolute Gasteiger partial charge is 0.383 e. The molecular formula is C16H22N2O3. The van der Waals surface area contributed by atoms with Gasteiger partial charge in [-0.3, -0.25) is 9.59 Å². The van der Waals surface area contributed by atoms with Gasteiger partial charge in [-0.25, -0.2) is 0 Å². The van der Waals surface area contributed by atoms with E-state index in [0.717, 1.165) is 5.56 Å². The zero-order chi connectivity index (χ0) is 15.6. The third kappa shape index (κ3) is 2.65. The van der Waals surface area contributed by atoms with Crippen molar-refractivity contribution in [2.24, 2.45) is 0 Å². The number of piperazine rings is 1. The molecule has 0 saturated carbocycles. The van der Waals surface area contributed by atoms with Gasteiger partial charge in [-0.05, 0) is 26.3 Å². The molecule has 2 rings (SSSR count). The second kappa shape index (κ2) is 5.85. The summed E-state index contributed by atoms with van der Waals surface area (Å²) in [6.45, 7) is 5.78. The van der Waals surface area contributed by atoms with Crippen molar-refractivity contribution < 1.29 is 14.3 Å². The van der Waals surface area contributed by atoms with E-state index in [1.165, 1.54) is 0 Å². The number of carbonyl (C=O) groups excluding carboxylic acids is 2. The maximum atomic E-state index is 13.0. The minimum Gasteiger partial charge on any atom is -0.383 e. The van der Waals surface area contributed by atoms with Crippen molar-refractivity contribution in [2.75, 3.05) is 13.7 Å². The van der Waals surface area contributed by atoms with Crippen molar-refractivity contribution in [3.63, 3.8) is 0 Å². The summed E-state index contributed by atoms with van der Waals surface area (Å²) in [6.07, 6.45) is 0. The molecule has 1 aromatic rings. The standard InChI is InChI=1S/C16H22N2O3/c1-11(10-21-4)18-12(2)14(19)17-16(3,15(18)20)13-8-6-5-7-9-13/h5-9,11-12H,10H2,1-4H3,(H,17,19). The fourth-order valence-corrected chi connectivity index (χ4v) is 2.84. The van der Waals surface area contributed by atoms with Crippen molar-refractivity contribution in [1.29, 1.82) is 0 Å². The summed E-state index contributed by atoms with van der Waals surface area (Å²) in [5.41, 5.74) is -0.253. The Morgan fingerprint density at radius 3 is 2.52 bits per heavy atom. The van der Waals surface area contributed by atoms with Gasteiger partial charge in [0, 0.05) is 7.11 Å². The van der Waals surface area contributed by atoms with Crippen LogP contribution in [0.3, 0.4) is 0 Å². The quantitative estimate of drug-likeness (QED) is 0.909. The van der Waals surface area contributed by atoms with E-state index >= 15 is 0 Å². The molecule has 0 spiro atoms. The first-order valence-corrected chi connectivity index (χ1v) is 7.11. The lowest BCUT2D eigenvalue weighted by molar-refractivity contribution is -0.157. The molecule has 5 nitrogen and oxygen atoms in total. The molecule has 0 radical (unpaired) electrons. The Labute approximate surface area is 125 Å². The molecule has 1 aliphatic heterocycles. The predicted molar refractivity (Wildman–Crippen MR) is 79.6 cm³/mol. The first kappa shape index (κ1) is 15.5. The Hall–Kier alpha value is -1.88. The van der Waals surface area contributed by atoms with Gasteiger partial charge in [0.25, 0.3) is 5.91 Å². The van der Waals surface area contributed by atoms with E-state index in [4.69, 9.17) is 4.74 Å². The lowest BCUT2D eigenvalue weighted by Gasteiger charge is -2.46. The number of rotatable bonds is 4. The molecule has 0 bridgehead atoms. The molecule has 1 fully saturated rings. The molecule has 3 unspecified atom stereocenters. The van der Waals surface area contributed by atoms with Gasteiger partial charge in [0.2, 0.25) is 5.91 Å². The van der Waals surface area contributed by atoms with Crippen LogP contribution in [-0.2, 0) is 19.9 Å².